The van der Waals surface area contributed by atoms with Gasteiger partial charge in [-0.05, 0) is 38.5 Å². The number of aliphatic imine (C=N–C) groups is 1. The van der Waals surface area contributed by atoms with Crippen molar-refractivity contribution < 1.29 is 4.74 Å². The van der Waals surface area contributed by atoms with Gasteiger partial charge in [-0.2, -0.15) is 0 Å². The highest BCUT2D eigenvalue weighted by Gasteiger charge is 2.27. The maximum Gasteiger partial charge on any atom is 0.157 e. The topological polar surface area (TPSA) is 33.6 Å². The lowest BCUT2D eigenvalue weighted by molar-refractivity contribution is 0.132. The molecule has 1 saturated carbocycles. The van der Waals surface area contributed by atoms with Crippen LogP contribution in [0.5, 0.6) is 0 Å². The summed E-state index contributed by atoms with van der Waals surface area (Å²) >= 11 is 1.84. The molecule has 98 valence electrons. The fraction of sp³-hybridized carbons (Fsp3) is 0.923. The van der Waals surface area contributed by atoms with Crippen LogP contribution in [0.15, 0.2) is 4.99 Å². The molecule has 1 N–H and O–H groups in total. The monoisotopic (exact) mass is 256 g/mol. The van der Waals surface area contributed by atoms with Crippen LogP contribution in [0.1, 0.15) is 39.5 Å². The van der Waals surface area contributed by atoms with E-state index >= 15 is 0 Å². The van der Waals surface area contributed by atoms with E-state index < -0.39 is 0 Å². The molecule has 0 aromatic carbocycles. The average Bonchev–Trinajstić information content (AvgIpc) is 3.13. The zero-order chi connectivity index (χ0) is 12.1. The average molecular weight is 256 g/mol. The van der Waals surface area contributed by atoms with E-state index in [-0.39, 0.29) is 5.54 Å². The van der Waals surface area contributed by atoms with Gasteiger partial charge in [0.15, 0.2) is 5.17 Å². The van der Waals surface area contributed by atoms with Crippen LogP contribution >= 0.6 is 11.8 Å². The molecule has 1 unspecified atom stereocenters. The van der Waals surface area contributed by atoms with Crippen molar-refractivity contribution in [2.45, 2.75) is 45.1 Å². The lowest BCUT2D eigenvalue weighted by atomic mass is 9.96. The van der Waals surface area contributed by atoms with Crippen molar-refractivity contribution in [3.63, 3.8) is 0 Å². The van der Waals surface area contributed by atoms with Crippen LogP contribution in [0.4, 0.5) is 0 Å². The van der Waals surface area contributed by atoms with Crippen molar-refractivity contribution in [2.75, 3.05) is 25.5 Å². The predicted molar refractivity (Wildman–Crippen MR) is 74.8 cm³/mol. The summed E-state index contributed by atoms with van der Waals surface area (Å²) < 4.78 is 5.58. The molecule has 1 heterocycles. The predicted octanol–water partition coefficient (Wildman–Crippen LogP) is 2.66. The van der Waals surface area contributed by atoms with E-state index in [9.17, 15) is 0 Å². The van der Waals surface area contributed by atoms with Crippen LogP contribution in [-0.2, 0) is 4.74 Å². The fourth-order valence-electron chi connectivity index (χ4n) is 1.83. The molecule has 17 heavy (non-hydrogen) atoms. The van der Waals surface area contributed by atoms with Crippen LogP contribution in [0.2, 0.25) is 0 Å². The Balaban J connectivity index is 1.65. The van der Waals surface area contributed by atoms with Gasteiger partial charge in [0.2, 0.25) is 0 Å². The second-order valence-corrected chi connectivity index (χ2v) is 6.43. The Kier molecular flexibility index (Phi) is 4.74. The zero-order valence-corrected chi connectivity index (χ0v) is 11.8. The SMILES string of the molecule is CCC1(C)CCSC(=NCCOCC2CC2)N1. The summed E-state index contributed by atoms with van der Waals surface area (Å²) in [6, 6.07) is 0. The maximum absolute atomic E-state index is 5.58. The lowest BCUT2D eigenvalue weighted by Crippen LogP contribution is -2.48. The summed E-state index contributed by atoms with van der Waals surface area (Å²) in [6.45, 7) is 7.02. The number of thioether (sulfide) groups is 1. The smallest absolute Gasteiger partial charge is 0.157 e. The van der Waals surface area contributed by atoms with E-state index in [0.29, 0.717) is 0 Å². The summed E-state index contributed by atoms with van der Waals surface area (Å²) in [4.78, 5) is 4.59. The van der Waals surface area contributed by atoms with Gasteiger partial charge in [0.05, 0.1) is 13.2 Å². The third-order valence-corrected chi connectivity index (χ3v) is 4.54. The summed E-state index contributed by atoms with van der Waals surface area (Å²) in [5, 5.41) is 4.66. The van der Waals surface area contributed by atoms with E-state index in [4.69, 9.17) is 4.74 Å². The molecule has 1 aliphatic heterocycles. The molecule has 0 bridgehead atoms. The molecular formula is C13H24N2OS. The molecule has 0 aromatic rings. The van der Waals surface area contributed by atoms with Crippen molar-refractivity contribution in [1.29, 1.82) is 0 Å². The molecule has 2 fully saturated rings. The van der Waals surface area contributed by atoms with E-state index in [2.05, 4.69) is 24.2 Å². The van der Waals surface area contributed by atoms with Crippen LogP contribution < -0.4 is 5.32 Å². The van der Waals surface area contributed by atoms with Crippen molar-refractivity contribution in [1.82, 2.24) is 5.32 Å². The van der Waals surface area contributed by atoms with Crippen molar-refractivity contribution in [3.05, 3.63) is 0 Å². The summed E-state index contributed by atoms with van der Waals surface area (Å²) in [5.74, 6) is 2.03. The molecule has 1 atom stereocenters. The third-order valence-electron chi connectivity index (χ3n) is 3.62. The number of amidine groups is 1. The molecule has 2 aliphatic rings. The Morgan fingerprint density at radius 3 is 3.06 bits per heavy atom. The van der Waals surface area contributed by atoms with Crippen LogP contribution in [0.25, 0.3) is 0 Å². The Hall–Kier alpha value is -0.220. The van der Waals surface area contributed by atoms with Crippen LogP contribution in [0, 0.1) is 5.92 Å². The number of nitrogens with zero attached hydrogens (tertiary/aromatic N) is 1. The van der Waals surface area contributed by atoms with Gasteiger partial charge in [-0.25, -0.2) is 0 Å². The molecule has 3 nitrogen and oxygen atoms in total. The van der Waals surface area contributed by atoms with Crippen LogP contribution in [0.3, 0.4) is 0 Å². The first-order valence-corrected chi connectivity index (χ1v) is 7.73. The summed E-state index contributed by atoms with van der Waals surface area (Å²) in [6.07, 6.45) is 5.11. The van der Waals surface area contributed by atoms with Gasteiger partial charge in [-0.1, -0.05) is 18.7 Å². The normalized spacial score (nSPS) is 31.5. The molecule has 0 radical (unpaired) electrons. The van der Waals surface area contributed by atoms with E-state index in [1.807, 2.05) is 11.8 Å². The minimum Gasteiger partial charge on any atom is -0.379 e. The molecule has 0 spiro atoms. The van der Waals surface area contributed by atoms with Crippen molar-refractivity contribution in [2.24, 2.45) is 10.9 Å². The van der Waals surface area contributed by atoms with Gasteiger partial charge < -0.3 is 10.1 Å². The number of ether oxygens (including phenoxy) is 1. The Morgan fingerprint density at radius 1 is 1.53 bits per heavy atom. The number of rotatable bonds is 6. The maximum atomic E-state index is 5.58. The van der Waals surface area contributed by atoms with Crippen LogP contribution in [-0.4, -0.2) is 36.2 Å². The second kappa shape index (κ2) is 6.10. The summed E-state index contributed by atoms with van der Waals surface area (Å²) in [7, 11) is 0. The Bertz CT molecular complexity index is 279. The molecule has 0 amide bonds. The van der Waals surface area contributed by atoms with E-state index in [1.54, 1.807) is 0 Å². The fourth-order valence-corrected chi connectivity index (χ4v) is 3.07. The third kappa shape index (κ3) is 4.51. The minimum atomic E-state index is 0.249. The number of hydrogen-bond donors (Lipinski definition) is 1. The first-order valence-electron chi connectivity index (χ1n) is 6.75. The van der Waals surface area contributed by atoms with Gasteiger partial charge in [0.25, 0.3) is 0 Å². The van der Waals surface area contributed by atoms with Gasteiger partial charge in [-0.15, -0.1) is 0 Å². The highest BCUT2D eigenvalue weighted by molar-refractivity contribution is 8.13. The molecular weight excluding hydrogens is 232 g/mol. The standard InChI is InChI=1S/C13H24N2OS/c1-3-13(2)6-9-17-12(15-13)14-7-8-16-10-11-4-5-11/h11H,3-10H2,1-2H3,(H,14,15). The molecule has 4 heteroatoms. The minimum absolute atomic E-state index is 0.249. The summed E-state index contributed by atoms with van der Waals surface area (Å²) in [5.41, 5.74) is 0.249. The largest absolute Gasteiger partial charge is 0.379 e. The Labute approximate surface area is 109 Å². The number of nitrogens with one attached hydrogen (secondary N) is 1. The molecule has 1 aliphatic carbocycles. The van der Waals surface area contributed by atoms with Crippen molar-refractivity contribution >= 4 is 16.9 Å². The first-order chi connectivity index (χ1) is 8.22. The van der Waals surface area contributed by atoms with Gasteiger partial charge in [-0.3, -0.25) is 4.99 Å². The van der Waals surface area contributed by atoms with Gasteiger partial charge in [0.1, 0.15) is 0 Å². The highest BCUT2D eigenvalue weighted by atomic mass is 32.2. The molecule has 0 aromatic heterocycles. The lowest BCUT2D eigenvalue weighted by Gasteiger charge is -2.35. The number of hydrogen-bond acceptors (Lipinski definition) is 3. The van der Waals surface area contributed by atoms with Crippen molar-refractivity contribution in [3.8, 4) is 0 Å². The second-order valence-electron chi connectivity index (χ2n) is 5.34. The molecule has 2 rings (SSSR count). The van der Waals surface area contributed by atoms with E-state index in [0.717, 1.165) is 37.3 Å². The molecule has 1 saturated heterocycles. The van der Waals surface area contributed by atoms with Gasteiger partial charge in [0, 0.05) is 17.9 Å². The van der Waals surface area contributed by atoms with E-state index in [1.165, 1.54) is 25.0 Å². The quantitative estimate of drug-likeness (QED) is 0.742. The highest BCUT2D eigenvalue weighted by Crippen LogP contribution is 2.28. The first kappa shape index (κ1) is 13.2. The zero-order valence-electron chi connectivity index (χ0n) is 11.0. The Morgan fingerprint density at radius 2 is 2.35 bits per heavy atom. The van der Waals surface area contributed by atoms with Gasteiger partial charge >= 0.3 is 0 Å².